The van der Waals surface area contributed by atoms with E-state index in [1.165, 1.54) is 31.5 Å². The van der Waals surface area contributed by atoms with Crippen LogP contribution in [0.5, 0.6) is 5.88 Å². The molecule has 0 spiro atoms. The molecule has 0 amide bonds. The van der Waals surface area contributed by atoms with Crippen LogP contribution in [-0.2, 0) is 6.54 Å². The second kappa shape index (κ2) is 7.46. The molecule has 1 aliphatic rings. The number of hydrogen-bond donors (Lipinski definition) is 1. The molecule has 19 heavy (non-hydrogen) atoms. The SMILES string of the molecule is CCN(Cc1ccc(OC)nc1)CC1CCCNC1. The van der Waals surface area contributed by atoms with E-state index >= 15 is 0 Å². The highest BCUT2D eigenvalue weighted by molar-refractivity contribution is 5.17. The fourth-order valence-electron chi connectivity index (χ4n) is 2.63. The zero-order chi connectivity index (χ0) is 13.5. The second-order valence-corrected chi connectivity index (χ2v) is 5.25. The summed E-state index contributed by atoms with van der Waals surface area (Å²) in [5, 5.41) is 3.49. The first-order valence-electron chi connectivity index (χ1n) is 7.23. The molecule has 1 unspecified atom stereocenters. The standard InChI is InChI=1S/C15H25N3O/c1-3-18(11-13-5-4-8-16-9-13)12-14-6-7-15(19-2)17-10-14/h6-7,10,13,16H,3-5,8-9,11-12H2,1-2H3. The van der Waals surface area contributed by atoms with Gasteiger partial charge in [0.1, 0.15) is 0 Å². The van der Waals surface area contributed by atoms with Gasteiger partial charge in [-0.25, -0.2) is 4.98 Å². The Morgan fingerprint density at radius 1 is 1.47 bits per heavy atom. The van der Waals surface area contributed by atoms with Gasteiger partial charge in [0, 0.05) is 25.4 Å². The summed E-state index contributed by atoms with van der Waals surface area (Å²) in [6, 6.07) is 4.04. The first-order chi connectivity index (χ1) is 9.31. The van der Waals surface area contributed by atoms with E-state index in [0.717, 1.165) is 25.6 Å². The van der Waals surface area contributed by atoms with Gasteiger partial charge in [0.2, 0.25) is 5.88 Å². The van der Waals surface area contributed by atoms with Crippen molar-refractivity contribution in [2.24, 2.45) is 5.92 Å². The lowest BCUT2D eigenvalue weighted by Crippen LogP contribution is -2.38. The van der Waals surface area contributed by atoms with Crippen LogP contribution in [0.4, 0.5) is 0 Å². The van der Waals surface area contributed by atoms with E-state index in [9.17, 15) is 0 Å². The minimum absolute atomic E-state index is 0.684. The summed E-state index contributed by atoms with van der Waals surface area (Å²) < 4.78 is 5.09. The molecular formula is C15H25N3O. The topological polar surface area (TPSA) is 37.4 Å². The van der Waals surface area contributed by atoms with Gasteiger partial charge < -0.3 is 10.1 Å². The van der Waals surface area contributed by atoms with Crippen molar-refractivity contribution >= 4 is 0 Å². The summed E-state index contributed by atoms with van der Waals surface area (Å²) in [7, 11) is 1.65. The van der Waals surface area contributed by atoms with Gasteiger partial charge >= 0.3 is 0 Å². The minimum Gasteiger partial charge on any atom is -0.481 e. The van der Waals surface area contributed by atoms with Crippen LogP contribution in [-0.4, -0.2) is 43.2 Å². The molecule has 1 fully saturated rings. The Balaban J connectivity index is 1.86. The lowest BCUT2D eigenvalue weighted by molar-refractivity contribution is 0.209. The monoisotopic (exact) mass is 263 g/mol. The van der Waals surface area contributed by atoms with Gasteiger partial charge in [-0.1, -0.05) is 13.0 Å². The Labute approximate surface area is 116 Å². The van der Waals surface area contributed by atoms with Crippen LogP contribution < -0.4 is 10.1 Å². The molecular weight excluding hydrogens is 238 g/mol. The Kier molecular flexibility index (Phi) is 5.61. The van der Waals surface area contributed by atoms with Crippen LogP contribution in [0.15, 0.2) is 18.3 Å². The average Bonchev–Trinajstić information content (AvgIpc) is 2.48. The number of nitrogens with one attached hydrogen (secondary N) is 1. The fraction of sp³-hybridized carbons (Fsp3) is 0.667. The highest BCUT2D eigenvalue weighted by Crippen LogP contribution is 2.14. The molecule has 4 nitrogen and oxygen atoms in total. The van der Waals surface area contributed by atoms with Crippen LogP contribution in [0.1, 0.15) is 25.3 Å². The number of aromatic nitrogens is 1. The van der Waals surface area contributed by atoms with Gasteiger partial charge in [-0.2, -0.15) is 0 Å². The van der Waals surface area contributed by atoms with Crippen molar-refractivity contribution in [2.45, 2.75) is 26.3 Å². The van der Waals surface area contributed by atoms with Crippen LogP contribution >= 0.6 is 0 Å². The molecule has 1 aliphatic heterocycles. The molecule has 4 heteroatoms. The molecule has 106 valence electrons. The predicted molar refractivity (Wildman–Crippen MR) is 77.3 cm³/mol. The molecule has 1 saturated heterocycles. The zero-order valence-corrected chi connectivity index (χ0v) is 12.1. The van der Waals surface area contributed by atoms with Crippen molar-refractivity contribution < 1.29 is 4.74 Å². The van der Waals surface area contributed by atoms with E-state index in [4.69, 9.17) is 4.74 Å². The number of nitrogens with zero attached hydrogens (tertiary/aromatic N) is 2. The van der Waals surface area contributed by atoms with E-state index < -0.39 is 0 Å². The number of rotatable bonds is 6. The Morgan fingerprint density at radius 3 is 2.95 bits per heavy atom. The summed E-state index contributed by atoms with van der Waals surface area (Å²) in [5.74, 6) is 1.48. The molecule has 0 radical (unpaired) electrons. The second-order valence-electron chi connectivity index (χ2n) is 5.25. The van der Waals surface area contributed by atoms with Crippen molar-refractivity contribution in [3.8, 4) is 5.88 Å². The maximum absolute atomic E-state index is 5.09. The minimum atomic E-state index is 0.684. The van der Waals surface area contributed by atoms with Crippen molar-refractivity contribution in [3.05, 3.63) is 23.9 Å². The third kappa shape index (κ3) is 4.48. The van der Waals surface area contributed by atoms with Crippen molar-refractivity contribution in [3.63, 3.8) is 0 Å². The van der Waals surface area contributed by atoms with Gasteiger partial charge in [-0.3, -0.25) is 4.90 Å². The highest BCUT2D eigenvalue weighted by Gasteiger charge is 2.16. The quantitative estimate of drug-likeness (QED) is 0.851. The van der Waals surface area contributed by atoms with Gasteiger partial charge in [0.05, 0.1) is 7.11 Å². The number of piperidine rings is 1. The Bertz CT molecular complexity index is 360. The Hall–Kier alpha value is -1.13. The largest absolute Gasteiger partial charge is 0.481 e. The van der Waals surface area contributed by atoms with Gasteiger partial charge in [0.15, 0.2) is 0 Å². The maximum Gasteiger partial charge on any atom is 0.212 e. The summed E-state index contributed by atoms with van der Waals surface area (Å²) in [6.45, 7) is 7.82. The van der Waals surface area contributed by atoms with E-state index in [0.29, 0.717) is 5.88 Å². The first-order valence-corrected chi connectivity index (χ1v) is 7.23. The van der Waals surface area contributed by atoms with Crippen molar-refractivity contribution in [1.82, 2.24) is 15.2 Å². The molecule has 1 aromatic heterocycles. The first kappa shape index (κ1) is 14.3. The van der Waals surface area contributed by atoms with Crippen molar-refractivity contribution in [2.75, 3.05) is 33.3 Å². The molecule has 1 atom stereocenters. The third-order valence-corrected chi connectivity index (χ3v) is 3.78. The maximum atomic E-state index is 5.09. The van der Waals surface area contributed by atoms with E-state index in [1.54, 1.807) is 7.11 Å². The summed E-state index contributed by atoms with van der Waals surface area (Å²) in [5.41, 5.74) is 1.26. The molecule has 2 rings (SSSR count). The van der Waals surface area contributed by atoms with Crippen LogP contribution in [0.25, 0.3) is 0 Å². The molecule has 0 bridgehead atoms. The molecule has 0 aromatic carbocycles. The van der Waals surface area contributed by atoms with E-state index in [2.05, 4.69) is 28.2 Å². The van der Waals surface area contributed by atoms with Crippen LogP contribution in [0, 0.1) is 5.92 Å². The van der Waals surface area contributed by atoms with Gasteiger partial charge in [-0.05, 0) is 44.0 Å². The number of hydrogen-bond acceptors (Lipinski definition) is 4. The highest BCUT2D eigenvalue weighted by atomic mass is 16.5. The lowest BCUT2D eigenvalue weighted by atomic mass is 9.99. The van der Waals surface area contributed by atoms with Crippen LogP contribution in [0.3, 0.4) is 0 Å². The molecule has 0 saturated carbocycles. The van der Waals surface area contributed by atoms with E-state index in [-0.39, 0.29) is 0 Å². The average molecular weight is 263 g/mol. The summed E-state index contributed by atoms with van der Waals surface area (Å²) >= 11 is 0. The van der Waals surface area contributed by atoms with Gasteiger partial charge in [-0.15, -0.1) is 0 Å². The molecule has 2 heterocycles. The van der Waals surface area contributed by atoms with Gasteiger partial charge in [0.25, 0.3) is 0 Å². The predicted octanol–water partition coefficient (Wildman–Crippen LogP) is 1.91. The number of ether oxygens (including phenoxy) is 1. The fourth-order valence-corrected chi connectivity index (χ4v) is 2.63. The Morgan fingerprint density at radius 2 is 2.37 bits per heavy atom. The normalized spacial score (nSPS) is 19.6. The molecule has 1 N–H and O–H groups in total. The van der Waals surface area contributed by atoms with E-state index in [1.807, 2.05) is 12.3 Å². The summed E-state index contributed by atoms with van der Waals surface area (Å²) in [6.07, 6.45) is 4.58. The number of pyridine rings is 1. The smallest absolute Gasteiger partial charge is 0.212 e. The van der Waals surface area contributed by atoms with Crippen LogP contribution in [0.2, 0.25) is 0 Å². The van der Waals surface area contributed by atoms with Crippen molar-refractivity contribution in [1.29, 1.82) is 0 Å². The third-order valence-electron chi connectivity index (χ3n) is 3.78. The number of methoxy groups -OCH3 is 1. The molecule has 1 aromatic rings. The molecule has 0 aliphatic carbocycles. The zero-order valence-electron chi connectivity index (χ0n) is 12.1. The lowest BCUT2D eigenvalue weighted by Gasteiger charge is -2.29. The summed E-state index contributed by atoms with van der Waals surface area (Å²) in [4.78, 5) is 6.77.